The summed E-state index contributed by atoms with van der Waals surface area (Å²) < 4.78 is 26.3. The molecule has 8 nitrogen and oxygen atoms in total. The first-order chi connectivity index (χ1) is 12.2. The lowest BCUT2D eigenvalue weighted by molar-refractivity contribution is -0.384. The number of rotatable bonds is 7. The lowest BCUT2D eigenvalue weighted by Gasteiger charge is -2.09. The Bertz CT molecular complexity index is 953. The van der Waals surface area contributed by atoms with Gasteiger partial charge in [-0.15, -0.1) is 6.58 Å². The Hall–Kier alpha value is -3.04. The summed E-state index contributed by atoms with van der Waals surface area (Å²) >= 11 is 0. The van der Waals surface area contributed by atoms with Crippen LogP contribution in [0.5, 0.6) is 0 Å². The van der Waals surface area contributed by atoms with Crippen molar-refractivity contribution in [3.8, 4) is 0 Å². The maximum absolute atomic E-state index is 12.3. The molecule has 0 unspecified atom stereocenters. The van der Waals surface area contributed by atoms with Gasteiger partial charge in [0.2, 0.25) is 10.0 Å². The number of nitro benzene ring substituents is 1. The van der Waals surface area contributed by atoms with Gasteiger partial charge in [-0.2, -0.15) is 0 Å². The highest BCUT2D eigenvalue weighted by Crippen LogP contribution is 2.22. The van der Waals surface area contributed by atoms with E-state index in [1.165, 1.54) is 48.5 Å². The highest BCUT2D eigenvalue weighted by Gasteiger charge is 2.15. The zero-order valence-corrected chi connectivity index (χ0v) is 14.7. The third kappa shape index (κ3) is 4.52. The summed E-state index contributed by atoms with van der Waals surface area (Å²) in [5.74, 6) is -0.503. The van der Waals surface area contributed by atoms with Gasteiger partial charge in [0.1, 0.15) is 0 Å². The third-order valence-corrected chi connectivity index (χ3v) is 4.96. The van der Waals surface area contributed by atoms with Gasteiger partial charge in [0, 0.05) is 24.2 Å². The molecule has 0 spiro atoms. The van der Waals surface area contributed by atoms with E-state index in [0.717, 1.165) is 0 Å². The number of non-ortho nitro benzene ring substituents is 1. The monoisotopic (exact) mass is 375 g/mol. The van der Waals surface area contributed by atoms with E-state index < -0.39 is 20.9 Å². The molecule has 2 aromatic rings. The second kappa shape index (κ2) is 7.89. The maximum Gasteiger partial charge on any atom is 0.271 e. The minimum Gasteiger partial charge on any atom is -0.321 e. The first kappa shape index (κ1) is 19.3. The second-order valence-electron chi connectivity index (χ2n) is 5.38. The first-order valence-corrected chi connectivity index (χ1v) is 9.00. The van der Waals surface area contributed by atoms with Crippen molar-refractivity contribution >= 4 is 27.3 Å². The number of anilines is 1. The zero-order valence-electron chi connectivity index (χ0n) is 13.9. The molecule has 0 saturated carbocycles. The van der Waals surface area contributed by atoms with E-state index in [1.807, 2.05) is 0 Å². The minimum absolute atomic E-state index is 0.0161. The van der Waals surface area contributed by atoms with Gasteiger partial charge in [-0.1, -0.05) is 12.1 Å². The predicted octanol–water partition coefficient (Wildman–Crippen LogP) is 2.62. The van der Waals surface area contributed by atoms with Crippen molar-refractivity contribution in [1.29, 1.82) is 0 Å². The molecular weight excluding hydrogens is 358 g/mol. The number of nitrogens with one attached hydrogen (secondary N) is 2. The molecular formula is C17H17N3O5S. The van der Waals surface area contributed by atoms with E-state index >= 15 is 0 Å². The molecule has 0 saturated heterocycles. The summed E-state index contributed by atoms with van der Waals surface area (Å²) in [6.45, 7) is 5.24. The molecule has 0 atom stereocenters. The van der Waals surface area contributed by atoms with E-state index in [4.69, 9.17) is 0 Å². The van der Waals surface area contributed by atoms with E-state index in [0.29, 0.717) is 11.3 Å². The van der Waals surface area contributed by atoms with Crippen LogP contribution in [0, 0.1) is 17.0 Å². The molecule has 0 aliphatic heterocycles. The number of benzene rings is 2. The Balaban J connectivity index is 2.20. The molecule has 2 N–H and O–H groups in total. The molecule has 9 heteroatoms. The average Bonchev–Trinajstić information content (AvgIpc) is 2.61. The molecule has 2 aromatic carbocycles. The lowest BCUT2D eigenvalue weighted by Crippen LogP contribution is -2.23. The maximum atomic E-state index is 12.3. The van der Waals surface area contributed by atoms with E-state index in [2.05, 4.69) is 16.6 Å². The van der Waals surface area contributed by atoms with E-state index in [1.54, 1.807) is 6.92 Å². The smallest absolute Gasteiger partial charge is 0.271 e. The van der Waals surface area contributed by atoms with Crippen LogP contribution in [0.3, 0.4) is 0 Å². The normalized spacial score (nSPS) is 11.0. The summed E-state index contributed by atoms with van der Waals surface area (Å²) in [4.78, 5) is 22.6. The van der Waals surface area contributed by atoms with Crippen LogP contribution in [-0.4, -0.2) is 25.8 Å². The number of carbonyl (C=O) groups excluding carboxylic acids is 1. The quantitative estimate of drug-likeness (QED) is 0.438. The molecule has 0 aromatic heterocycles. The van der Waals surface area contributed by atoms with E-state index in [-0.39, 0.29) is 22.7 Å². The highest BCUT2D eigenvalue weighted by molar-refractivity contribution is 7.89. The van der Waals surface area contributed by atoms with Crippen LogP contribution in [-0.2, 0) is 10.0 Å². The van der Waals surface area contributed by atoms with Gasteiger partial charge < -0.3 is 5.32 Å². The topological polar surface area (TPSA) is 118 Å². The van der Waals surface area contributed by atoms with Gasteiger partial charge in [-0.3, -0.25) is 14.9 Å². The fraction of sp³-hybridized carbons (Fsp3) is 0.118. The molecule has 2 rings (SSSR count). The number of hydrogen-bond acceptors (Lipinski definition) is 5. The number of amides is 1. The van der Waals surface area contributed by atoms with Gasteiger partial charge in [0.25, 0.3) is 11.6 Å². The van der Waals surface area contributed by atoms with Crippen molar-refractivity contribution in [3.05, 3.63) is 76.4 Å². The van der Waals surface area contributed by atoms with Crippen LogP contribution >= 0.6 is 0 Å². The zero-order chi connectivity index (χ0) is 19.3. The molecule has 136 valence electrons. The number of hydrogen-bond donors (Lipinski definition) is 2. The highest BCUT2D eigenvalue weighted by atomic mass is 32.2. The van der Waals surface area contributed by atoms with Crippen molar-refractivity contribution in [3.63, 3.8) is 0 Å². The van der Waals surface area contributed by atoms with Crippen LogP contribution in [0.4, 0.5) is 11.4 Å². The van der Waals surface area contributed by atoms with Crippen LogP contribution in [0.25, 0.3) is 0 Å². The summed E-state index contributed by atoms with van der Waals surface area (Å²) in [6.07, 6.45) is 1.42. The van der Waals surface area contributed by atoms with Crippen LogP contribution in [0.2, 0.25) is 0 Å². The number of nitrogens with zero attached hydrogens (tertiary/aromatic N) is 1. The minimum atomic E-state index is -3.67. The number of carbonyl (C=O) groups is 1. The van der Waals surface area contributed by atoms with Crippen molar-refractivity contribution in [2.75, 3.05) is 11.9 Å². The molecule has 0 radical (unpaired) electrons. The Morgan fingerprint density at radius 3 is 2.46 bits per heavy atom. The predicted molar refractivity (Wildman–Crippen MR) is 97.6 cm³/mol. The van der Waals surface area contributed by atoms with Crippen molar-refractivity contribution in [1.82, 2.24) is 4.72 Å². The summed E-state index contributed by atoms with van der Waals surface area (Å²) in [5, 5.41) is 13.4. The van der Waals surface area contributed by atoms with E-state index in [9.17, 15) is 23.3 Å². The molecule has 1 amide bonds. The van der Waals surface area contributed by atoms with Crippen molar-refractivity contribution in [2.24, 2.45) is 0 Å². The fourth-order valence-corrected chi connectivity index (χ4v) is 3.09. The summed E-state index contributed by atoms with van der Waals surface area (Å²) in [6, 6.07) is 9.50. The molecule has 26 heavy (non-hydrogen) atoms. The Labute approximate surface area is 150 Å². The second-order valence-corrected chi connectivity index (χ2v) is 7.14. The number of sulfonamides is 1. The van der Waals surface area contributed by atoms with Crippen molar-refractivity contribution < 1.29 is 18.1 Å². The SMILES string of the molecule is C=CCNS(=O)(=O)c1ccc(C(=O)Nc2cc([N+](=O)[O-])ccc2C)cc1. The molecule has 0 fully saturated rings. The van der Waals surface area contributed by atoms with Gasteiger partial charge in [0.05, 0.1) is 15.5 Å². The molecule has 0 aliphatic rings. The standard InChI is InChI=1S/C17H17N3O5S/c1-3-10-18-26(24,25)15-8-5-13(6-9-15)17(21)19-16-11-14(20(22)23)7-4-12(16)2/h3-9,11,18H,1,10H2,2H3,(H,19,21). The Kier molecular flexibility index (Phi) is 5.86. The van der Waals surface area contributed by atoms with Crippen LogP contribution in [0.15, 0.2) is 60.0 Å². The summed E-state index contributed by atoms with van der Waals surface area (Å²) in [7, 11) is -3.67. The molecule has 0 aliphatic carbocycles. The first-order valence-electron chi connectivity index (χ1n) is 7.51. The largest absolute Gasteiger partial charge is 0.321 e. The van der Waals surface area contributed by atoms with Crippen LogP contribution < -0.4 is 10.0 Å². The Morgan fingerprint density at radius 2 is 1.88 bits per heavy atom. The molecule has 0 bridgehead atoms. The van der Waals surface area contributed by atoms with Gasteiger partial charge in [0.15, 0.2) is 0 Å². The summed E-state index contributed by atoms with van der Waals surface area (Å²) in [5.41, 5.74) is 1.06. The lowest BCUT2D eigenvalue weighted by atomic mass is 10.1. The van der Waals surface area contributed by atoms with Crippen molar-refractivity contribution in [2.45, 2.75) is 11.8 Å². The van der Waals surface area contributed by atoms with Gasteiger partial charge in [-0.25, -0.2) is 13.1 Å². The number of aryl methyl sites for hydroxylation is 1. The van der Waals surface area contributed by atoms with Gasteiger partial charge in [-0.05, 0) is 36.8 Å². The van der Waals surface area contributed by atoms with Crippen LogP contribution in [0.1, 0.15) is 15.9 Å². The average molecular weight is 375 g/mol. The fourth-order valence-electron chi connectivity index (χ4n) is 2.09. The van der Waals surface area contributed by atoms with Gasteiger partial charge >= 0.3 is 0 Å². The molecule has 0 heterocycles. The number of nitro groups is 1. The Morgan fingerprint density at radius 1 is 1.23 bits per heavy atom. The third-order valence-electron chi connectivity index (χ3n) is 3.52.